The van der Waals surface area contributed by atoms with E-state index >= 15 is 0 Å². The third-order valence-corrected chi connectivity index (χ3v) is 5.60. The minimum atomic E-state index is -0.0633. The van der Waals surface area contributed by atoms with Crippen LogP contribution in [0.1, 0.15) is 18.1 Å². The van der Waals surface area contributed by atoms with E-state index in [1.54, 1.807) is 0 Å². The number of piperazine rings is 1. The van der Waals surface area contributed by atoms with E-state index in [2.05, 4.69) is 68.9 Å². The molecule has 1 aliphatic heterocycles. The molecule has 0 bridgehead atoms. The van der Waals surface area contributed by atoms with Crippen molar-refractivity contribution in [2.45, 2.75) is 13.5 Å². The van der Waals surface area contributed by atoms with E-state index in [1.807, 2.05) is 31.2 Å². The van der Waals surface area contributed by atoms with Gasteiger partial charge in [-0.25, -0.2) is 5.43 Å². The van der Waals surface area contributed by atoms with Crippen molar-refractivity contribution in [2.24, 2.45) is 5.10 Å². The van der Waals surface area contributed by atoms with Crippen LogP contribution in [0.25, 0.3) is 10.8 Å². The number of hydrogen-bond acceptors (Lipinski definition) is 4. The summed E-state index contributed by atoms with van der Waals surface area (Å²) in [6, 6.07) is 25.0. The number of nitrogens with one attached hydrogen (secondary N) is 1. The Morgan fingerprint density at radius 1 is 0.867 bits per heavy atom. The molecule has 0 radical (unpaired) electrons. The normalized spacial score (nSPS) is 16.0. The van der Waals surface area contributed by atoms with Gasteiger partial charge < -0.3 is 0 Å². The highest BCUT2D eigenvalue weighted by atomic mass is 16.2. The fraction of sp³-hybridized carbons (Fsp3) is 0.280. The summed E-state index contributed by atoms with van der Waals surface area (Å²) in [5.41, 5.74) is 5.88. The summed E-state index contributed by atoms with van der Waals surface area (Å²) in [5, 5.41) is 6.69. The van der Waals surface area contributed by atoms with Crippen LogP contribution in [0.15, 0.2) is 77.9 Å². The molecule has 5 heteroatoms. The smallest absolute Gasteiger partial charge is 0.254 e. The van der Waals surface area contributed by atoms with Gasteiger partial charge in [0.25, 0.3) is 5.91 Å². The summed E-state index contributed by atoms with van der Waals surface area (Å²) in [4.78, 5) is 17.0. The molecule has 5 nitrogen and oxygen atoms in total. The Bertz CT molecular complexity index is 1020. The molecule has 1 fully saturated rings. The maximum atomic E-state index is 12.4. The van der Waals surface area contributed by atoms with Crippen LogP contribution >= 0.6 is 0 Å². The van der Waals surface area contributed by atoms with Crippen molar-refractivity contribution in [3.63, 3.8) is 0 Å². The van der Waals surface area contributed by atoms with Crippen LogP contribution in [-0.4, -0.2) is 54.1 Å². The van der Waals surface area contributed by atoms with E-state index in [0.717, 1.165) is 44.0 Å². The van der Waals surface area contributed by atoms with Gasteiger partial charge in [-0.05, 0) is 34.9 Å². The second kappa shape index (κ2) is 9.65. The van der Waals surface area contributed by atoms with Gasteiger partial charge in [-0.2, -0.15) is 5.10 Å². The van der Waals surface area contributed by atoms with Gasteiger partial charge in [0, 0.05) is 32.7 Å². The first-order valence-corrected chi connectivity index (χ1v) is 10.5. The topological polar surface area (TPSA) is 47.9 Å². The molecular formula is C25H28N4O. The number of hydrogen-bond donors (Lipinski definition) is 1. The monoisotopic (exact) mass is 400 g/mol. The van der Waals surface area contributed by atoms with Crippen molar-refractivity contribution in [1.29, 1.82) is 0 Å². The molecule has 0 spiro atoms. The zero-order valence-electron chi connectivity index (χ0n) is 17.4. The number of rotatable bonds is 6. The van der Waals surface area contributed by atoms with Gasteiger partial charge >= 0.3 is 0 Å². The number of carbonyl (C=O) groups excluding carboxylic acids is 1. The molecule has 1 heterocycles. The molecule has 0 aromatic heterocycles. The third-order valence-electron chi connectivity index (χ3n) is 5.60. The fourth-order valence-electron chi connectivity index (χ4n) is 3.81. The van der Waals surface area contributed by atoms with Crippen LogP contribution in [0.5, 0.6) is 0 Å². The van der Waals surface area contributed by atoms with Gasteiger partial charge in [-0.15, -0.1) is 0 Å². The highest BCUT2D eigenvalue weighted by Crippen LogP contribution is 2.16. The number of carbonyl (C=O) groups is 1. The lowest BCUT2D eigenvalue weighted by molar-refractivity contribution is -0.122. The fourth-order valence-corrected chi connectivity index (χ4v) is 3.81. The zero-order chi connectivity index (χ0) is 20.8. The maximum Gasteiger partial charge on any atom is 0.254 e. The molecular weight excluding hydrogens is 372 g/mol. The van der Waals surface area contributed by atoms with Gasteiger partial charge in [0.05, 0.1) is 12.3 Å². The molecule has 1 saturated heterocycles. The highest BCUT2D eigenvalue weighted by molar-refractivity contribution is 6.02. The molecule has 0 unspecified atom stereocenters. The SMILES string of the molecule is CC(=NNC(=O)CN1CCN(Cc2ccccc2)CC1)c1ccc2ccccc2c1. The minimum absolute atomic E-state index is 0.0633. The Balaban J connectivity index is 1.25. The van der Waals surface area contributed by atoms with E-state index in [4.69, 9.17) is 0 Å². The van der Waals surface area contributed by atoms with Gasteiger partial charge in [-0.1, -0.05) is 66.7 Å². The Kier molecular flexibility index (Phi) is 6.52. The molecule has 3 aromatic rings. The van der Waals surface area contributed by atoms with Crippen LogP contribution in [0, 0.1) is 0 Å². The van der Waals surface area contributed by atoms with Crippen molar-refractivity contribution in [1.82, 2.24) is 15.2 Å². The molecule has 4 rings (SSSR count). The lowest BCUT2D eigenvalue weighted by Crippen LogP contribution is -2.48. The summed E-state index contributed by atoms with van der Waals surface area (Å²) in [7, 11) is 0. The summed E-state index contributed by atoms with van der Waals surface area (Å²) < 4.78 is 0. The summed E-state index contributed by atoms with van der Waals surface area (Å²) in [6.45, 7) is 7.01. The Morgan fingerprint density at radius 3 is 2.30 bits per heavy atom. The molecule has 1 amide bonds. The van der Waals surface area contributed by atoms with Gasteiger partial charge in [-0.3, -0.25) is 14.6 Å². The van der Waals surface area contributed by atoms with Crippen LogP contribution < -0.4 is 5.43 Å². The van der Waals surface area contributed by atoms with E-state index in [0.29, 0.717) is 6.54 Å². The lowest BCUT2D eigenvalue weighted by Gasteiger charge is -2.34. The quantitative estimate of drug-likeness (QED) is 0.509. The van der Waals surface area contributed by atoms with Crippen molar-refractivity contribution >= 4 is 22.4 Å². The summed E-state index contributed by atoms with van der Waals surface area (Å²) in [5.74, 6) is -0.0633. The van der Waals surface area contributed by atoms with Gasteiger partial charge in [0.15, 0.2) is 0 Å². The molecule has 30 heavy (non-hydrogen) atoms. The zero-order valence-corrected chi connectivity index (χ0v) is 17.4. The Labute approximate surface area is 178 Å². The average Bonchev–Trinajstić information content (AvgIpc) is 2.79. The Hall–Kier alpha value is -3.02. The number of amides is 1. The van der Waals surface area contributed by atoms with E-state index < -0.39 is 0 Å². The van der Waals surface area contributed by atoms with Crippen LogP contribution in [-0.2, 0) is 11.3 Å². The van der Waals surface area contributed by atoms with Crippen molar-refractivity contribution in [3.8, 4) is 0 Å². The molecule has 0 atom stereocenters. The summed E-state index contributed by atoms with van der Waals surface area (Å²) in [6.07, 6.45) is 0. The van der Waals surface area contributed by atoms with E-state index in [-0.39, 0.29) is 5.91 Å². The van der Waals surface area contributed by atoms with Gasteiger partial charge in [0.1, 0.15) is 0 Å². The second-order valence-electron chi connectivity index (χ2n) is 7.83. The summed E-state index contributed by atoms with van der Waals surface area (Å²) >= 11 is 0. The second-order valence-corrected chi connectivity index (χ2v) is 7.83. The van der Waals surface area contributed by atoms with E-state index in [1.165, 1.54) is 16.3 Å². The van der Waals surface area contributed by atoms with Crippen LogP contribution in [0.4, 0.5) is 0 Å². The maximum absolute atomic E-state index is 12.4. The first-order valence-electron chi connectivity index (χ1n) is 10.5. The first-order chi connectivity index (χ1) is 14.7. The van der Waals surface area contributed by atoms with Crippen LogP contribution in [0.3, 0.4) is 0 Å². The number of fused-ring (bicyclic) bond motifs is 1. The predicted octanol–water partition coefficient (Wildman–Crippen LogP) is 3.50. The van der Waals surface area contributed by atoms with Gasteiger partial charge in [0.2, 0.25) is 0 Å². The molecule has 1 N–H and O–H groups in total. The van der Waals surface area contributed by atoms with Crippen molar-refractivity contribution in [3.05, 3.63) is 83.9 Å². The number of hydrazone groups is 1. The number of nitrogens with zero attached hydrogens (tertiary/aromatic N) is 3. The van der Waals surface area contributed by atoms with Crippen molar-refractivity contribution in [2.75, 3.05) is 32.7 Å². The average molecular weight is 401 g/mol. The standard InChI is InChI=1S/C25H28N4O/c1-20(23-12-11-22-9-5-6-10-24(22)17-23)26-27-25(30)19-29-15-13-28(14-16-29)18-21-7-3-2-4-8-21/h2-12,17H,13-16,18-19H2,1H3,(H,27,30). The minimum Gasteiger partial charge on any atom is -0.297 e. The molecule has 154 valence electrons. The first kappa shape index (κ1) is 20.3. The van der Waals surface area contributed by atoms with Crippen molar-refractivity contribution < 1.29 is 4.79 Å². The molecule has 3 aromatic carbocycles. The highest BCUT2D eigenvalue weighted by Gasteiger charge is 2.18. The lowest BCUT2D eigenvalue weighted by atomic mass is 10.0. The molecule has 1 aliphatic rings. The predicted molar refractivity (Wildman–Crippen MR) is 122 cm³/mol. The number of benzene rings is 3. The molecule has 0 saturated carbocycles. The third kappa shape index (κ3) is 5.32. The van der Waals surface area contributed by atoms with E-state index in [9.17, 15) is 4.79 Å². The Morgan fingerprint density at radius 2 is 1.53 bits per heavy atom. The largest absolute Gasteiger partial charge is 0.297 e. The molecule has 0 aliphatic carbocycles. The van der Waals surface area contributed by atoms with Crippen LogP contribution in [0.2, 0.25) is 0 Å².